The number of hydrogen-bond donors (Lipinski definition) is 0. The van der Waals surface area contributed by atoms with E-state index >= 15 is 0 Å². The molecule has 4 rings (SSSR count). The molecule has 1 heterocycles. The van der Waals surface area contributed by atoms with Gasteiger partial charge in [0.2, 0.25) is 0 Å². The molecule has 1 unspecified atom stereocenters. The summed E-state index contributed by atoms with van der Waals surface area (Å²) in [6.07, 6.45) is -0.264. The SMILES string of the molecule is C=CC[C@@H]1O[C@H](C(COC(=O)c2ccccc2)OC(=O)c2ccccc2)[C@H](OCCCC)/C1=C/S(=O)(=O)c1ccccc1. The van der Waals surface area contributed by atoms with E-state index in [-0.39, 0.29) is 17.9 Å². The van der Waals surface area contributed by atoms with Crippen LogP contribution in [-0.4, -0.2) is 58.0 Å². The Labute approximate surface area is 252 Å². The van der Waals surface area contributed by atoms with Crippen molar-refractivity contribution >= 4 is 21.8 Å². The third-order valence-electron chi connectivity index (χ3n) is 6.88. The largest absolute Gasteiger partial charge is 0.458 e. The Balaban J connectivity index is 1.71. The summed E-state index contributed by atoms with van der Waals surface area (Å²) in [4.78, 5) is 26.2. The van der Waals surface area contributed by atoms with Crippen molar-refractivity contribution in [3.63, 3.8) is 0 Å². The lowest BCUT2D eigenvalue weighted by atomic mass is 10.00. The molecule has 4 atom stereocenters. The van der Waals surface area contributed by atoms with Crippen molar-refractivity contribution in [1.82, 2.24) is 0 Å². The normalized spacial score (nSPS) is 19.9. The fourth-order valence-electron chi connectivity index (χ4n) is 4.68. The molecule has 226 valence electrons. The van der Waals surface area contributed by atoms with Crippen LogP contribution in [0.3, 0.4) is 0 Å². The third kappa shape index (κ3) is 8.50. The van der Waals surface area contributed by atoms with Gasteiger partial charge in [0.05, 0.1) is 22.1 Å². The molecule has 0 bridgehead atoms. The molecule has 9 heteroatoms. The van der Waals surface area contributed by atoms with Crippen LogP contribution in [0.25, 0.3) is 0 Å². The second-order valence-corrected chi connectivity index (χ2v) is 11.8. The maximum absolute atomic E-state index is 13.5. The highest BCUT2D eigenvalue weighted by atomic mass is 32.2. The zero-order valence-electron chi connectivity index (χ0n) is 24.0. The Morgan fingerprint density at radius 3 is 2.07 bits per heavy atom. The molecule has 43 heavy (non-hydrogen) atoms. The van der Waals surface area contributed by atoms with E-state index in [2.05, 4.69) is 6.58 Å². The summed E-state index contributed by atoms with van der Waals surface area (Å²) in [6.45, 7) is 5.79. The summed E-state index contributed by atoms with van der Waals surface area (Å²) in [7, 11) is -3.88. The molecular weight excluding hydrogens is 568 g/mol. The maximum atomic E-state index is 13.5. The highest BCUT2D eigenvalue weighted by Crippen LogP contribution is 2.36. The lowest BCUT2D eigenvalue weighted by Crippen LogP contribution is -2.43. The highest BCUT2D eigenvalue weighted by molar-refractivity contribution is 7.94. The molecule has 1 fully saturated rings. The van der Waals surface area contributed by atoms with E-state index in [4.69, 9.17) is 18.9 Å². The van der Waals surface area contributed by atoms with E-state index in [1.807, 2.05) is 6.92 Å². The van der Waals surface area contributed by atoms with E-state index in [0.29, 0.717) is 29.7 Å². The van der Waals surface area contributed by atoms with Gasteiger partial charge in [-0.2, -0.15) is 0 Å². The van der Waals surface area contributed by atoms with Crippen LogP contribution in [0.1, 0.15) is 46.9 Å². The number of ether oxygens (including phenoxy) is 4. The third-order valence-corrected chi connectivity index (χ3v) is 8.39. The molecule has 0 amide bonds. The summed E-state index contributed by atoms with van der Waals surface area (Å²) < 4.78 is 51.1. The van der Waals surface area contributed by atoms with Gasteiger partial charge in [-0.15, -0.1) is 6.58 Å². The predicted molar refractivity (Wildman–Crippen MR) is 162 cm³/mol. The molecular formula is C34H36O8S. The van der Waals surface area contributed by atoms with Crippen molar-refractivity contribution in [1.29, 1.82) is 0 Å². The zero-order chi connectivity index (χ0) is 30.7. The van der Waals surface area contributed by atoms with Crippen LogP contribution in [0.5, 0.6) is 0 Å². The Morgan fingerprint density at radius 1 is 0.907 bits per heavy atom. The van der Waals surface area contributed by atoms with E-state index < -0.39 is 46.2 Å². The van der Waals surface area contributed by atoms with Crippen molar-refractivity contribution in [3.8, 4) is 0 Å². The number of sulfone groups is 1. The van der Waals surface area contributed by atoms with Gasteiger partial charge in [-0.25, -0.2) is 18.0 Å². The van der Waals surface area contributed by atoms with Crippen LogP contribution in [0.4, 0.5) is 0 Å². The molecule has 0 aliphatic carbocycles. The van der Waals surface area contributed by atoms with Gasteiger partial charge >= 0.3 is 11.9 Å². The minimum absolute atomic E-state index is 0.124. The van der Waals surface area contributed by atoms with Crippen molar-refractivity contribution in [2.75, 3.05) is 13.2 Å². The smallest absolute Gasteiger partial charge is 0.338 e. The van der Waals surface area contributed by atoms with Crippen LogP contribution >= 0.6 is 0 Å². The molecule has 1 aliphatic rings. The van der Waals surface area contributed by atoms with Gasteiger partial charge in [-0.3, -0.25) is 0 Å². The average Bonchev–Trinajstić information content (AvgIpc) is 3.36. The van der Waals surface area contributed by atoms with Gasteiger partial charge in [0.25, 0.3) is 0 Å². The number of rotatable bonds is 14. The lowest BCUT2D eigenvalue weighted by Gasteiger charge is -2.27. The van der Waals surface area contributed by atoms with Crippen LogP contribution in [-0.2, 0) is 28.8 Å². The summed E-state index contributed by atoms with van der Waals surface area (Å²) in [5, 5.41) is 1.18. The van der Waals surface area contributed by atoms with Crippen LogP contribution in [0.2, 0.25) is 0 Å². The van der Waals surface area contributed by atoms with Crippen molar-refractivity contribution in [3.05, 3.63) is 126 Å². The molecule has 3 aromatic rings. The average molecular weight is 605 g/mol. The van der Waals surface area contributed by atoms with Crippen LogP contribution < -0.4 is 0 Å². The minimum atomic E-state index is -3.88. The molecule has 1 aliphatic heterocycles. The maximum Gasteiger partial charge on any atom is 0.338 e. The Hall–Kier alpha value is -4.05. The van der Waals surface area contributed by atoms with Crippen LogP contribution in [0.15, 0.2) is 120 Å². The standard InChI is InChI=1S/C34H36O8S/c1-3-5-22-39-31-28(24-43(37,38)27-20-13-8-14-21-27)29(15-4-2)41-32(31)30(42-34(36)26-18-11-7-12-19-26)23-40-33(35)25-16-9-6-10-17-25/h4,6-14,16-21,24,29-32H,2-3,5,15,22-23H2,1H3/b28-24+/t29-,30?,31+,32+/m0/s1. The molecule has 0 spiro atoms. The van der Waals surface area contributed by atoms with Gasteiger partial charge in [-0.05, 0) is 49.2 Å². The molecule has 3 aromatic carbocycles. The van der Waals surface area contributed by atoms with E-state index in [1.54, 1.807) is 84.9 Å². The lowest BCUT2D eigenvalue weighted by molar-refractivity contribution is -0.104. The van der Waals surface area contributed by atoms with E-state index in [9.17, 15) is 18.0 Å². The van der Waals surface area contributed by atoms with E-state index in [0.717, 1.165) is 6.42 Å². The monoisotopic (exact) mass is 604 g/mol. The number of unbranched alkanes of at least 4 members (excludes halogenated alkanes) is 1. The molecule has 8 nitrogen and oxygen atoms in total. The van der Waals surface area contributed by atoms with Crippen molar-refractivity contribution < 1.29 is 37.0 Å². The Bertz CT molecular complexity index is 1490. The van der Waals surface area contributed by atoms with Gasteiger partial charge in [0, 0.05) is 17.6 Å². The topological polar surface area (TPSA) is 105 Å². The number of esters is 2. The molecule has 0 N–H and O–H groups in total. The van der Waals surface area contributed by atoms with Gasteiger partial charge < -0.3 is 18.9 Å². The van der Waals surface area contributed by atoms with Gasteiger partial charge in [0.15, 0.2) is 15.9 Å². The fourth-order valence-corrected chi connectivity index (χ4v) is 5.99. The first-order chi connectivity index (χ1) is 20.8. The second-order valence-electron chi connectivity index (χ2n) is 10.0. The molecule has 0 saturated carbocycles. The minimum Gasteiger partial charge on any atom is -0.458 e. The fraction of sp³-hybridized carbons (Fsp3) is 0.294. The van der Waals surface area contributed by atoms with Crippen molar-refractivity contribution in [2.45, 2.75) is 55.5 Å². The quantitative estimate of drug-likeness (QED) is 0.126. The number of carbonyl (C=O) groups excluding carboxylic acids is 2. The molecule has 0 aromatic heterocycles. The first-order valence-electron chi connectivity index (χ1n) is 14.2. The molecule has 0 radical (unpaired) electrons. The predicted octanol–water partition coefficient (Wildman–Crippen LogP) is 5.96. The Kier molecular flexibility index (Phi) is 11.4. The summed E-state index contributed by atoms with van der Waals surface area (Å²) in [5.41, 5.74) is 1.01. The highest BCUT2D eigenvalue weighted by Gasteiger charge is 2.47. The zero-order valence-corrected chi connectivity index (χ0v) is 24.9. The first kappa shape index (κ1) is 31.9. The second kappa shape index (κ2) is 15.4. The van der Waals surface area contributed by atoms with Gasteiger partial charge in [0.1, 0.15) is 18.8 Å². The summed E-state index contributed by atoms with van der Waals surface area (Å²) in [6, 6.07) is 24.9. The van der Waals surface area contributed by atoms with Gasteiger partial charge in [-0.1, -0.05) is 74.0 Å². The number of benzene rings is 3. The van der Waals surface area contributed by atoms with E-state index in [1.165, 1.54) is 17.5 Å². The Morgan fingerprint density at radius 2 is 1.49 bits per heavy atom. The molecule has 1 saturated heterocycles. The first-order valence-corrected chi connectivity index (χ1v) is 15.8. The number of carbonyl (C=O) groups is 2. The van der Waals surface area contributed by atoms with Crippen LogP contribution in [0, 0.1) is 0 Å². The summed E-state index contributed by atoms with van der Waals surface area (Å²) in [5.74, 6) is -1.25. The summed E-state index contributed by atoms with van der Waals surface area (Å²) >= 11 is 0. The van der Waals surface area contributed by atoms with Crippen molar-refractivity contribution in [2.24, 2.45) is 0 Å². The number of hydrogen-bond acceptors (Lipinski definition) is 8.